The Morgan fingerprint density at radius 2 is 1.83 bits per heavy atom. The van der Waals surface area contributed by atoms with Crippen LogP contribution in [-0.2, 0) is 14.6 Å². The van der Waals surface area contributed by atoms with Crippen LogP contribution in [0.25, 0.3) is 0 Å². The molecule has 0 saturated heterocycles. The third kappa shape index (κ3) is 3.57. The molecule has 2 aliphatic carbocycles. The zero-order chi connectivity index (χ0) is 16.6. The van der Waals surface area contributed by atoms with Crippen molar-refractivity contribution in [2.75, 3.05) is 0 Å². The van der Waals surface area contributed by atoms with Gasteiger partial charge in [0.2, 0.25) is 0 Å². The molecule has 1 aromatic rings. The van der Waals surface area contributed by atoms with E-state index in [9.17, 15) is 22.7 Å². The van der Waals surface area contributed by atoms with Gasteiger partial charge in [-0.3, -0.25) is 4.79 Å². The molecule has 3 rings (SSSR count). The number of sulfone groups is 1. The van der Waals surface area contributed by atoms with E-state index in [-0.39, 0.29) is 16.1 Å². The highest BCUT2D eigenvalue weighted by atomic mass is 32.2. The maximum Gasteiger partial charge on any atom is 0.310 e. The Balaban J connectivity index is 1.76. The molecule has 0 spiro atoms. The van der Waals surface area contributed by atoms with Gasteiger partial charge in [0.1, 0.15) is 6.17 Å². The fraction of sp³-hybridized carbons (Fsp3) is 0.588. The van der Waals surface area contributed by atoms with Gasteiger partial charge in [0, 0.05) is 0 Å². The number of carboxylic acids is 1. The van der Waals surface area contributed by atoms with Gasteiger partial charge in [-0.15, -0.1) is 0 Å². The number of hydrogen-bond acceptors (Lipinski definition) is 3. The molecule has 0 aromatic heterocycles. The third-order valence-corrected chi connectivity index (χ3v) is 7.20. The van der Waals surface area contributed by atoms with Crippen molar-refractivity contribution < 1.29 is 22.7 Å². The van der Waals surface area contributed by atoms with Gasteiger partial charge in [-0.1, -0.05) is 12.1 Å². The Bertz CT molecular complexity index is 679. The topological polar surface area (TPSA) is 71.4 Å². The van der Waals surface area contributed by atoms with E-state index in [2.05, 4.69) is 0 Å². The molecule has 2 saturated carbocycles. The first-order chi connectivity index (χ1) is 10.9. The SMILES string of the molecule is O=C(O)C(C[C@@H]1CC[C@H](F)C1)c1ccc(S(=O)(=O)C2CC2)cc1. The van der Waals surface area contributed by atoms with Gasteiger partial charge in [0.15, 0.2) is 9.84 Å². The maximum atomic E-state index is 13.3. The van der Waals surface area contributed by atoms with Crippen molar-refractivity contribution in [2.24, 2.45) is 5.92 Å². The number of benzene rings is 1. The molecule has 2 fully saturated rings. The molecule has 0 amide bonds. The summed E-state index contributed by atoms with van der Waals surface area (Å²) in [6, 6.07) is 6.20. The predicted octanol–water partition coefficient (Wildman–Crippen LogP) is 3.32. The number of aliphatic carboxylic acids is 1. The lowest BCUT2D eigenvalue weighted by Crippen LogP contribution is -2.16. The van der Waals surface area contributed by atoms with Gasteiger partial charge in [0.05, 0.1) is 16.1 Å². The van der Waals surface area contributed by atoms with Crippen LogP contribution in [0.4, 0.5) is 4.39 Å². The van der Waals surface area contributed by atoms with Gasteiger partial charge in [0.25, 0.3) is 0 Å². The van der Waals surface area contributed by atoms with E-state index in [1.54, 1.807) is 12.1 Å². The van der Waals surface area contributed by atoms with Crippen LogP contribution in [0.2, 0.25) is 0 Å². The zero-order valence-corrected chi connectivity index (χ0v) is 13.6. The van der Waals surface area contributed by atoms with Crippen LogP contribution in [-0.4, -0.2) is 30.9 Å². The summed E-state index contributed by atoms with van der Waals surface area (Å²) in [5.41, 5.74) is 0.592. The van der Waals surface area contributed by atoms with Gasteiger partial charge in [-0.2, -0.15) is 0 Å². The van der Waals surface area contributed by atoms with Crippen molar-refractivity contribution in [3.8, 4) is 0 Å². The first kappa shape index (κ1) is 16.4. The average molecular weight is 340 g/mol. The molecule has 3 atom stereocenters. The normalized spacial score (nSPS) is 26.1. The number of alkyl halides is 1. The summed E-state index contributed by atoms with van der Waals surface area (Å²) < 4.78 is 37.6. The first-order valence-electron chi connectivity index (χ1n) is 8.08. The second-order valence-electron chi connectivity index (χ2n) is 6.72. The number of rotatable bonds is 6. The van der Waals surface area contributed by atoms with Gasteiger partial charge in [-0.05, 0) is 62.1 Å². The van der Waals surface area contributed by atoms with Gasteiger partial charge >= 0.3 is 5.97 Å². The minimum atomic E-state index is -3.26. The molecule has 0 aliphatic heterocycles. The van der Waals surface area contributed by atoms with Crippen molar-refractivity contribution >= 4 is 15.8 Å². The monoisotopic (exact) mass is 340 g/mol. The molecule has 0 heterocycles. The minimum absolute atomic E-state index is 0.0842. The molecule has 1 aromatic carbocycles. The Hall–Kier alpha value is -1.43. The van der Waals surface area contributed by atoms with Crippen molar-refractivity contribution in [1.29, 1.82) is 0 Å². The van der Waals surface area contributed by atoms with Gasteiger partial charge < -0.3 is 5.11 Å². The van der Waals surface area contributed by atoms with Crippen molar-refractivity contribution in [3.63, 3.8) is 0 Å². The molecule has 1 N–H and O–H groups in total. The average Bonchev–Trinajstić information content (AvgIpc) is 3.29. The van der Waals surface area contributed by atoms with Crippen LogP contribution in [0.3, 0.4) is 0 Å². The molecule has 1 unspecified atom stereocenters. The smallest absolute Gasteiger partial charge is 0.310 e. The molecular formula is C17H21FO4S. The van der Waals surface area contributed by atoms with Gasteiger partial charge in [-0.25, -0.2) is 12.8 Å². The lowest BCUT2D eigenvalue weighted by atomic mass is 9.88. The molecule has 4 nitrogen and oxygen atoms in total. The molecule has 126 valence electrons. The molecule has 0 radical (unpaired) electrons. The van der Waals surface area contributed by atoms with Crippen molar-refractivity contribution in [1.82, 2.24) is 0 Å². The Morgan fingerprint density at radius 3 is 2.30 bits per heavy atom. The zero-order valence-electron chi connectivity index (χ0n) is 12.8. The van der Waals surface area contributed by atoms with E-state index in [1.165, 1.54) is 12.1 Å². The summed E-state index contributed by atoms with van der Waals surface area (Å²) in [7, 11) is -3.26. The highest BCUT2D eigenvalue weighted by Crippen LogP contribution is 2.37. The summed E-state index contributed by atoms with van der Waals surface area (Å²) >= 11 is 0. The molecule has 0 bridgehead atoms. The second kappa shape index (κ2) is 6.23. The summed E-state index contributed by atoms with van der Waals surface area (Å²) in [5, 5.41) is 9.19. The fourth-order valence-electron chi connectivity index (χ4n) is 3.40. The Morgan fingerprint density at radius 1 is 1.17 bits per heavy atom. The first-order valence-corrected chi connectivity index (χ1v) is 9.63. The Kier molecular flexibility index (Phi) is 4.45. The van der Waals surface area contributed by atoms with E-state index in [0.29, 0.717) is 37.7 Å². The standard InChI is InChI=1S/C17H21FO4S/c18-13-4-1-11(9-13)10-16(17(19)20)12-2-5-14(6-3-12)23(21,22)15-7-8-15/h2-3,5-6,11,13,15-16H,1,4,7-10H2,(H,19,20)/t11-,13+,16?/m1/s1. The van der Waals surface area contributed by atoms with E-state index in [0.717, 1.165) is 6.42 Å². The number of carbonyl (C=O) groups is 1. The van der Waals surface area contributed by atoms with E-state index >= 15 is 0 Å². The predicted molar refractivity (Wildman–Crippen MR) is 83.9 cm³/mol. The number of carboxylic acid groups (broad SMARTS) is 1. The molecule has 2 aliphatic rings. The largest absolute Gasteiger partial charge is 0.481 e. The Labute approximate surface area is 135 Å². The molecule has 23 heavy (non-hydrogen) atoms. The lowest BCUT2D eigenvalue weighted by Gasteiger charge is -2.17. The third-order valence-electron chi connectivity index (χ3n) is 4.92. The van der Waals surface area contributed by atoms with Crippen molar-refractivity contribution in [3.05, 3.63) is 29.8 Å². The van der Waals surface area contributed by atoms with Crippen molar-refractivity contribution in [2.45, 2.75) is 60.8 Å². The van der Waals surface area contributed by atoms with E-state index in [1.807, 2.05) is 0 Å². The minimum Gasteiger partial charge on any atom is -0.481 e. The number of halogens is 1. The van der Waals surface area contributed by atoms with E-state index < -0.39 is 27.9 Å². The second-order valence-corrected chi connectivity index (χ2v) is 8.94. The highest BCUT2D eigenvalue weighted by Gasteiger charge is 2.37. The van der Waals surface area contributed by atoms with Crippen LogP contribution < -0.4 is 0 Å². The van der Waals surface area contributed by atoms with Crippen LogP contribution in [0.15, 0.2) is 29.2 Å². The van der Waals surface area contributed by atoms with E-state index in [4.69, 9.17) is 0 Å². The quantitative estimate of drug-likeness (QED) is 0.862. The highest BCUT2D eigenvalue weighted by molar-refractivity contribution is 7.92. The fourth-order valence-corrected chi connectivity index (χ4v) is 5.06. The van der Waals surface area contributed by atoms with Crippen LogP contribution in [0, 0.1) is 5.92 Å². The van der Waals surface area contributed by atoms with Crippen LogP contribution in [0.5, 0.6) is 0 Å². The maximum absolute atomic E-state index is 13.3. The lowest BCUT2D eigenvalue weighted by molar-refractivity contribution is -0.139. The molecule has 6 heteroatoms. The summed E-state index contributed by atoms with van der Waals surface area (Å²) in [6.45, 7) is 0. The van der Waals surface area contributed by atoms with Crippen LogP contribution in [0.1, 0.15) is 50.0 Å². The van der Waals surface area contributed by atoms with Crippen LogP contribution >= 0.6 is 0 Å². The summed E-state index contributed by atoms with van der Waals surface area (Å²) in [5.74, 6) is -1.56. The summed E-state index contributed by atoms with van der Waals surface area (Å²) in [6.07, 6.45) is 2.65. The summed E-state index contributed by atoms with van der Waals surface area (Å²) in [4.78, 5) is 11.8. The molecular weight excluding hydrogens is 319 g/mol. The number of hydrogen-bond donors (Lipinski definition) is 1.